The van der Waals surface area contributed by atoms with Gasteiger partial charge in [-0.05, 0) is 0 Å². The second kappa shape index (κ2) is 1.79. The molecule has 0 spiro atoms. The van der Waals surface area contributed by atoms with Crippen LogP contribution in [0.4, 0.5) is 0 Å². The van der Waals surface area contributed by atoms with Gasteiger partial charge in [0.15, 0.2) is 0 Å². The monoisotopic (exact) mass is 142 g/mol. The predicted octanol–water partition coefficient (Wildman–Crippen LogP) is -1.18. The highest BCUT2D eigenvalue weighted by Gasteiger charge is 2.37. The molecule has 6 heteroatoms. The van der Waals surface area contributed by atoms with Gasteiger partial charge in [0.05, 0.1) is 0 Å². The van der Waals surface area contributed by atoms with Gasteiger partial charge in [-0.25, -0.2) is 0 Å². The minimum Gasteiger partial charge on any atom is -0.356 e. The van der Waals surface area contributed by atoms with Crippen molar-refractivity contribution < 1.29 is 24.6 Å². The van der Waals surface area contributed by atoms with Crippen molar-refractivity contribution in [3.63, 3.8) is 0 Å². The highest BCUT2D eigenvalue weighted by Crippen LogP contribution is 2.46. The Bertz CT molecular complexity index is 117. The minimum absolute atomic E-state index is 0.619. The van der Waals surface area contributed by atoms with Crippen LogP contribution in [-0.4, -0.2) is 25.5 Å². The van der Waals surface area contributed by atoms with E-state index in [1.807, 2.05) is 0 Å². The van der Waals surface area contributed by atoms with Gasteiger partial charge in [0.25, 0.3) is 5.53 Å². The Hall–Kier alpha value is 0.0700. The Labute approximate surface area is 45.7 Å². The van der Waals surface area contributed by atoms with Crippen molar-refractivity contribution in [2.75, 3.05) is 0 Å². The van der Waals surface area contributed by atoms with E-state index in [1.165, 1.54) is 0 Å². The topological polar surface area (TPSA) is 98.0 Å². The molecular weight excluding hydrogens is 135 g/mol. The summed E-state index contributed by atoms with van der Waals surface area (Å²) in [5, 5.41) is 16.3. The molecule has 0 aliphatic carbocycles. The zero-order valence-electron chi connectivity index (χ0n) is 4.14. The number of aliphatic hydroxyl groups is 2. The average Bonchev–Trinajstić information content (AvgIpc) is 1.25. The normalized spacial score (nSPS) is 14.1. The molecule has 50 valence electrons. The van der Waals surface area contributed by atoms with Gasteiger partial charge in [0.2, 0.25) is 0 Å². The fourth-order valence-corrected chi connectivity index (χ4v) is 0. The molecule has 0 heterocycles. The van der Waals surface area contributed by atoms with E-state index in [1.54, 1.807) is 0 Å². The molecule has 0 fully saturated rings. The van der Waals surface area contributed by atoms with E-state index in [0.29, 0.717) is 6.92 Å². The predicted molar refractivity (Wildman–Crippen MR) is 24.9 cm³/mol. The summed E-state index contributed by atoms with van der Waals surface area (Å²) in [6.45, 7) is 0.619. The standard InChI is InChI=1S/C2H7O5P/c1-2(3,4)8(5,6)7/h3-4H,1H3,(H2,5,6,7). The average molecular weight is 142 g/mol. The molecule has 0 radical (unpaired) electrons. The molecular formula is C2H7O5P. The highest BCUT2D eigenvalue weighted by atomic mass is 31.2. The van der Waals surface area contributed by atoms with E-state index >= 15 is 0 Å². The Morgan fingerprint density at radius 2 is 1.50 bits per heavy atom. The van der Waals surface area contributed by atoms with Crippen molar-refractivity contribution >= 4 is 7.60 Å². The summed E-state index contributed by atoms with van der Waals surface area (Å²) in [6, 6.07) is 0. The fourth-order valence-electron chi connectivity index (χ4n) is 0. The smallest absolute Gasteiger partial charge is 0.356 e. The van der Waals surface area contributed by atoms with Gasteiger partial charge < -0.3 is 20.0 Å². The molecule has 5 nitrogen and oxygen atoms in total. The molecule has 0 aliphatic rings. The number of rotatable bonds is 1. The first-order valence-electron chi connectivity index (χ1n) is 1.75. The van der Waals surface area contributed by atoms with Crippen LogP contribution in [0.2, 0.25) is 0 Å². The van der Waals surface area contributed by atoms with Gasteiger partial charge in [0.1, 0.15) is 0 Å². The summed E-state index contributed by atoms with van der Waals surface area (Å²) in [5.41, 5.74) is -2.90. The lowest BCUT2D eigenvalue weighted by Crippen LogP contribution is -2.22. The second-order valence-corrected chi connectivity index (χ2v) is 3.45. The lowest BCUT2D eigenvalue weighted by molar-refractivity contribution is -0.0872. The zero-order chi connectivity index (χ0) is 7.00. The minimum atomic E-state index is -4.74. The van der Waals surface area contributed by atoms with Crippen molar-refractivity contribution in [3.05, 3.63) is 0 Å². The summed E-state index contributed by atoms with van der Waals surface area (Å²) in [7, 11) is -4.74. The van der Waals surface area contributed by atoms with Crippen LogP contribution >= 0.6 is 7.60 Å². The quantitative estimate of drug-likeness (QED) is 0.273. The highest BCUT2D eigenvalue weighted by molar-refractivity contribution is 7.52. The maximum atomic E-state index is 9.85. The van der Waals surface area contributed by atoms with Gasteiger partial charge in [-0.3, -0.25) is 4.57 Å². The van der Waals surface area contributed by atoms with Gasteiger partial charge in [0, 0.05) is 6.92 Å². The van der Waals surface area contributed by atoms with Crippen LogP contribution in [0.3, 0.4) is 0 Å². The van der Waals surface area contributed by atoms with Crippen molar-refractivity contribution in [2.45, 2.75) is 12.5 Å². The largest absolute Gasteiger partial charge is 0.383 e. The van der Waals surface area contributed by atoms with E-state index in [2.05, 4.69) is 0 Å². The van der Waals surface area contributed by atoms with Crippen molar-refractivity contribution in [2.24, 2.45) is 0 Å². The zero-order valence-corrected chi connectivity index (χ0v) is 5.04. The van der Waals surface area contributed by atoms with Crippen LogP contribution in [0.5, 0.6) is 0 Å². The van der Waals surface area contributed by atoms with E-state index in [-0.39, 0.29) is 0 Å². The van der Waals surface area contributed by atoms with Gasteiger partial charge in [-0.15, -0.1) is 0 Å². The first-order valence-corrected chi connectivity index (χ1v) is 3.37. The molecule has 4 N–H and O–H groups in total. The third kappa shape index (κ3) is 1.90. The van der Waals surface area contributed by atoms with Crippen LogP contribution in [0.25, 0.3) is 0 Å². The van der Waals surface area contributed by atoms with Crippen molar-refractivity contribution in [1.82, 2.24) is 0 Å². The molecule has 0 saturated carbocycles. The first-order chi connectivity index (χ1) is 3.25. The number of hydrogen-bond donors (Lipinski definition) is 4. The molecule has 0 unspecified atom stereocenters. The van der Waals surface area contributed by atoms with Crippen molar-refractivity contribution in [1.29, 1.82) is 0 Å². The van der Waals surface area contributed by atoms with E-state index in [4.69, 9.17) is 20.0 Å². The third-order valence-electron chi connectivity index (χ3n) is 0.552. The summed E-state index contributed by atoms with van der Waals surface area (Å²) in [6.07, 6.45) is 0. The molecule has 8 heavy (non-hydrogen) atoms. The lowest BCUT2D eigenvalue weighted by Gasteiger charge is -2.15. The Morgan fingerprint density at radius 3 is 1.50 bits per heavy atom. The van der Waals surface area contributed by atoms with Crippen LogP contribution in [0.1, 0.15) is 6.92 Å². The van der Waals surface area contributed by atoms with E-state index in [0.717, 1.165) is 0 Å². The third-order valence-corrected chi connectivity index (χ3v) is 1.66. The van der Waals surface area contributed by atoms with E-state index < -0.39 is 13.1 Å². The van der Waals surface area contributed by atoms with Crippen LogP contribution in [-0.2, 0) is 4.57 Å². The second-order valence-electron chi connectivity index (χ2n) is 1.51. The van der Waals surface area contributed by atoms with E-state index in [9.17, 15) is 4.57 Å². The summed E-state index contributed by atoms with van der Waals surface area (Å²) >= 11 is 0. The molecule has 0 aromatic carbocycles. The molecule has 0 aromatic heterocycles. The van der Waals surface area contributed by atoms with Gasteiger partial charge in [-0.2, -0.15) is 0 Å². The maximum Gasteiger partial charge on any atom is 0.383 e. The van der Waals surface area contributed by atoms with Crippen molar-refractivity contribution in [3.8, 4) is 0 Å². The van der Waals surface area contributed by atoms with Crippen LogP contribution < -0.4 is 0 Å². The Morgan fingerprint density at radius 1 is 1.38 bits per heavy atom. The molecule has 0 saturated heterocycles. The molecule has 0 aromatic rings. The van der Waals surface area contributed by atoms with Gasteiger partial charge in [-0.1, -0.05) is 0 Å². The Balaban J connectivity index is 4.26. The number of hydrogen-bond acceptors (Lipinski definition) is 3. The maximum absolute atomic E-state index is 9.85. The molecule has 0 atom stereocenters. The molecule has 0 rings (SSSR count). The molecule has 0 amide bonds. The fraction of sp³-hybridized carbons (Fsp3) is 1.00. The SMILES string of the molecule is CC(O)(O)P(=O)(O)O. The molecule has 0 aliphatic heterocycles. The lowest BCUT2D eigenvalue weighted by atomic mass is 10.8. The Kier molecular flexibility index (Phi) is 1.80. The summed E-state index contributed by atoms with van der Waals surface area (Å²) in [5.74, 6) is 0. The van der Waals surface area contributed by atoms with Crippen LogP contribution in [0.15, 0.2) is 0 Å². The summed E-state index contributed by atoms with van der Waals surface area (Å²) < 4.78 is 9.85. The molecule has 0 bridgehead atoms. The van der Waals surface area contributed by atoms with Crippen LogP contribution in [0, 0.1) is 0 Å². The first kappa shape index (κ1) is 8.07. The van der Waals surface area contributed by atoms with Gasteiger partial charge >= 0.3 is 7.60 Å². The summed E-state index contributed by atoms with van der Waals surface area (Å²) in [4.78, 5) is 15.9.